The summed E-state index contributed by atoms with van der Waals surface area (Å²) in [5.74, 6) is 0.0580. The predicted octanol–water partition coefficient (Wildman–Crippen LogP) is 0.953. The third-order valence-corrected chi connectivity index (χ3v) is 3.87. The van der Waals surface area contributed by atoms with E-state index in [1.54, 1.807) is 7.05 Å². The van der Waals surface area contributed by atoms with Crippen LogP contribution < -0.4 is 5.32 Å². The SMILES string of the molecule is CNC(=O)CN1CCN(C(=O)c2cccc(Br)c2)CC1. The summed E-state index contributed by atoms with van der Waals surface area (Å²) in [5, 5.41) is 2.61. The van der Waals surface area contributed by atoms with Gasteiger partial charge in [0.15, 0.2) is 0 Å². The van der Waals surface area contributed by atoms with E-state index in [1.165, 1.54) is 0 Å². The van der Waals surface area contributed by atoms with E-state index in [4.69, 9.17) is 0 Å². The van der Waals surface area contributed by atoms with E-state index in [0.29, 0.717) is 25.2 Å². The molecule has 2 amide bonds. The first-order valence-electron chi connectivity index (χ1n) is 6.58. The quantitative estimate of drug-likeness (QED) is 0.892. The van der Waals surface area contributed by atoms with Crippen molar-refractivity contribution in [3.05, 3.63) is 34.3 Å². The summed E-state index contributed by atoms with van der Waals surface area (Å²) in [5.41, 5.74) is 0.694. The molecule has 1 N–H and O–H groups in total. The molecular formula is C14H18BrN3O2. The summed E-state index contributed by atoms with van der Waals surface area (Å²) in [6.07, 6.45) is 0. The van der Waals surface area contributed by atoms with Crippen LogP contribution in [0.3, 0.4) is 0 Å². The molecule has 0 aliphatic carbocycles. The van der Waals surface area contributed by atoms with Gasteiger partial charge >= 0.3 is 0 Å². The van der Waals surface area contributed by atoms with Crippen molar-refractivity contribution in [2.75, 3.05) is 39.8 Å². The number of likely N-dealkylation sites (N-methyl/N-ethyl adjacent to an activating group) is 1. The number of benzene rings is 1. The Labute approximate surface area is 127 Å². The van der Waals surface area contributed by atoms with Crippen molar-refractivity contribution >= 4 is 27.7 Å². The van der Waals surface area contributed by atoms with E-state index in [9.17, 15) is 9.59 Å². The van der Waals surface area contributed by atoms with Crippen molar-refractivity contribution in [3.8, 4) is 0 Å². The summed E-state index contributed by atoms with van der Waals surface area (Å²) in [7, 11) is 1.63. The van der Waals surface area contributed by atoms with Gasteiger partial charge in [-0.15, -0.1) is 0 Å². The molecule has 0 aromatic heterocycles. The maximum Gasteiger partial charge on any atom is 0.253 e. The van der Waals surface area contributed by atoms with Crippen molar-refractivity contribution in [1.82, 2.24) is 15.1 Å². The molecule has 108 valence electrons. The van der Waals surface area contributed by atoms with Crippen LogP contribution in [0.15, 0.2) is 28.7 Å². The predicted molar refractivity (Wildman–Crippen MR) is 80.6 cm³/mol. The minimum Gasteiger partial charge on any atom is -0.358 e. The molecule has 1 aliphatic heterocycles. The van der Waals surface area contributed by atoms with Crippen LogP contribution in [0.4, 0.5) is 0 Å². The topological polar surface area (TPSA) is 52.7 Å². The number of halogens is 1. The number of hydrogen-bond donors (Lipinski definition) is 1. The Morgan fingerprint density at radius 1 is 1.25 bits per heavy atom. The van der Waals surface area contributed by atoms with Crippen LogP contribution in [0.5, 0.6) is 0 Å². The molecule has 1 fully saturated rings. The molecule has 0 atom stereocenters. The molecule has 0 unspecified atom stereocenters. The van der Waals surface area contributed by atoms with Crippen LogP contribution in [0.1, 0.15) is 10.4 Å². The van der Waals surface area contributed by atoms with E-state index >= 15 is 0 Å². The Hall–Kier alpha value is -1.40. The third kappa shape index (κ3) is 3.80. The highest BCUT2D eigenvalue weighted by Gasteiger charge is 2.23. The first-order chi connectivity index (χ1) is 9.60. The first-order valence-corrected chi connectivity index (χ1v) is 7.37. The zero-order valence-electron chi connectivity index (χ0n) is 11.4. The van der Waals surface area contributed by atoms with Gasteiger partial charge in [0.2, 0.25) is 5.91 Å². The van der Waals surface area contributed by atoms with Crippen molar-refractivity contribution < 1.29 is 9.59 Å². The summed E-state index contributed by atoms with van der Waals surface area (Å²) in [4.78, 5) is 27.6. The molecule has 1 aliphatic rings. The van der Waals surface area contributed by atoms with Gasteiger partial charge in [-0.3, -0.25) is 14.5 Å². The minimum atomic E-state index is 0.0109. The Balaban J connectivity index is 1.90. The number of hydrogen-bond acceptors (Lipinski definition) is 3. The highest BCUT2D eigenvalue weighted by Crippen LogP contribution is 2.14. The molecule has 0 bridgehead atoms. The number of piperazine rings is 1. The van der Waals surface area contributed by atoms with Crippen LogP contribution in [0.2, 0.25) is 0 Å². The first kappa shape index (κ1) is 15.0. The van der Waals surface area contributed by atoms with E-state index in [0.717, 1.165) is 17.6 Å². The van der Waals surface area contributed by atoms with Gasteiger partial charge in [-0.25, -0.2) is 0 Å². The van der Waals surface area contributed by atoms with Crippen LogP contribution in [0.25, 0.3) is 0 Å². The number of nitrogens with zero attached hydrogens (tertiary/aromatic N) is 2. The number of carbonyl (C=O) groups is 2. The standard InChI is InChI=1S/C14H18BrN3O2/c1-16-13(19)10-17-5-7-18(8-6-17)14(20)11-3-2-4-12(15)9-11/h2-4,9H,5-8,10H2,1H3,(H,16,19). The molecule has 1 saturated heterocycles. The molecular weight excluding hydrogens is 322 g/mol. The second-order valence-electron chi connectivity index (χ2n) is 4.75. The maximum atomic E-state index is 12.3. The Kier molecular flexibility index (Phi) is 5.14. The van der Waals surface area contributed by atoms with Gasteiger partial charge in [-0.1, -0.05) is 22.0 Å². The fraction of sp³-hybridized carbons (Fsp3) is 0.429. The second kappa shape index (κ2) is 6.85. The molecule has 1 aromatic carbocycles. The van der Waals surface area contributed by atoms with E-state index < -0.39 is 0 Å². The second-order valence-corrected chi connectivity index (χ2v) is 5.67. The highest BCUT2D eigenvalue weighted by molar-refractivity contribution is 9.10. The largest absolute Gasteiger partial charge is 0.358 e. The smallest absolute Gasteiger partial charge is 0.253 e. The maximum absolute atomic E-state index is 12.3. The van der Waals surface area contributed by atoms with Gasteiger partial charge in [0.25, 0.3) is 5.91 Å². The molecule has 6 heteroatoms. The van der Waals surface area contributed by atoms with Gasteiger partial charge in [0.05, 0.1) is 6.54 Å². The Morgan fingerprint density at radius 2 is 1.95 bits per heavy atom. The number of nitrogens with one attached hydrogen (secondary N) is 1. The van der Waals surface area contributed by atoms with Crippen molar-refractivity contribution in [3.63, 3.8) is 0 Å². The average Bonchev–Trinajstić information content (AvgIpc) is 2.47. The molecule has 1 aromatic rings. The van der Waals surface area contributed by atoms with Gasteiger partial charge in [-0.2, -0.15) is 0 Å². The molecule has 1 heterocycles. The van der Waals surface area contributed by atoms with Gasteiger partial charge in [-0.05, 0) is 18.2 Å². The lowest BCUT2D eigenvalue weighted by molar-refractivity contribution is -0.122. The van der Waals surface area contributed by atoms with Gasteiger partial charge < -0.3 is 10.2 Å². The highest BCUT2D eigenvalue weighted by atomic mass is 79.9. The number of amides is 2. The fourth-order valence-corrected chi connectivity index (χ4v) is 2.59. The zero-order chi connectivity index (χ0) is 14.5. The zero-order valence-corrected chi connectivity index (χ0v) is 13.0. The van der Waals surface area contributed by atoms with Crippen molar-refractivity contribution in [2.24, 2.45) is 0 Å². The van der Waals surface area contributed by atoms with Crippen LogP contribution >= 0.6 is 15.9 Å². The summed E-state index contributed by atoms with van der Waals surface area (Å²) in [6.45, 7) is 3.17. The van der Waals surface area contributed by atoms with Crippen LogP contribution in [-0.4, -0.2) is 61.4 Å². The van der Waals surface area contributed by atoms with Gasteiger partial charge in [0, 0.05) is 43.3 Å². The van der Waals surface area contributed by atoms with Crippen molar-refractivity contribution in [2.45, 2.75) is 0 Å². The fourth-order valence-electron chi connectivity index (χ4n) is 2.20. The van der Waals surface area contributed by atoms with E-state index in [1.807, 2.05) is 29.2 Å². The third-order valence-electron chi connectivity index (χ3n) is 3.38. The molecule has 0 saturated carbocycles. The molecule has 5 nitrogen and oxygen atoms in total. The Bertz CT molecular complexity index is 499. The normalized spacial score (nSPS) is 16.0. The molecule has 0 radical (unpaired) electrons. The Morgan fingerprint density at radius 3 is 2.55 bits per heavy atom. The summed E-state index contributed by atoms with van der Waals surface area (Å²) < 4.78 is 0.904. The van der Waals surface area contributed by atoms with E-state index in [-0.39, 0.29) is 11.8 Å². The van der Waals surface area contributed by atoms with Gasteiger partial charge in [0.1, 0.15) is 0 Å². The lowest BCUT2D eigenvalue weighted by Gasteiger charge is -2.34. The number of carbonyl (C=O) groups excluding carboxylic acids is 2. The lowest BCUT2D eigenvalue weighted by Crippen LogP contribution is -2.50. The van der Waals surface area contributed by atoms with Crippen LogP contribution in [0, 0.1) is 0 Å². The minimum absolute atomic E-state index is 0.0109. The molecule has 2 rings (SSSR count). The van der Waals surface area contributed by atoms with Crippen LogP contribution in [-0.2, 0) is 4.79 Å². The van der Waals surface area contributed by atoms with E-state index in [2.05, 4.69) is 26.1 Å². The monoisotopic (exact) mass is 339 g/mol. The summed E-state index contributed by atoms with van der Waals surface area (Å²) >= 11 is 3.38. The molecule has 20 heavy (non-hydrogen) atoms. The lowest BCUT2D eigenvalue weighted by atomic mass is 10.2. The van der Waals surface area contributed by atoms with Crippen molar-refractivity contribution in [1.29, 1.82) is 0 Å². The number of rotatable bonds is 3. The summed E-state index contributed by atoms with van der Waals surface area (Å²) in [6, 6.07) is 7.42. The average molecular weight is 340 g/mol. The molecule has 0 spiro atoms.